The fourth-order valence-corrected chi connectivity index (χ4v) is 5.48. The summed E-state index contributed by atoms with van der Waals surface area (Å²) >= 11 is 0. The van der Waals surface area contributed by atoms with Crippen LogP contribution in [0.15, 0.2) is 94.7 Å². The zero-order valence-electron chi connectivity index (χ0n) is 19.8. The lowest BCUT2D eigenvalue weighted by Crippen LogP contribution is -2.19. The molecule has 1 aromatic heterocycles. The maximum Gasteiger partial charge on any atom is 0.264 e. The number of aryl methyl sites for hydroxylation is 2. The fourth-order valence-electron chi connectivity index (χ4n) is 3.44. The van der Waals surface area contributed by atoms with Gasteiger partial charge in [-0.2, -0.15) is 0 Å². The molecule has 0 aliphatic rings. The molecule has 0 atom stereocenters. The van der Waals surface area contributed by atoms with Crippen LogP contribution in [0.3, 0.4) is 0 Å². The molecule has 190 valence electrons. The number of para-hydroxylation sites is 1. The Morgan fingerprint density at radius 2 is 1.22 bits per heavy atom. The van der Waals surface area contributed by atoms with Crippen LogP contribution in [0, 0.1) is 13.8 Å². The molecule has 0 saturated heterocycles. The number of benzene rings is 3. The van der Waals surface area contributed by atoms with Crippen molar-refractivity contribution >= 4 is 43.3 Å². The predicted octanol–water partition coefficient (Wildman–Crippen LogP) is 3.95. The third kappa shape index (κ3) is 6.29. The summed E-state index contributed by atoms with van der Waals surface area (Å²) in [6.45, 7) is 3.46. The quantitative estimate of drug-likeness (QED) is 0.308. The third-order valence-electron chi connectivity index (χ3n) is 5.10. The van der Waals surface area contributed by atoms with E-state index < -0.39 is 26.0 Å². The minimum atomic E-state index is -3.96. The van der Waals surface area contributed by atoms with E-state index in [1.807, 2.05) is 0 Å². The molecule has 0 aliphatic heterocycles. The number of sulfonamides is 2. The van der Waals surface area contributed by atoms with E-state index in [1.54, 1.807) is 50.2 Å². The molecule has 3 N–H and O–H groups in total. The average molecular weight is 538 g/mol. The normalized spacial score (nSPS) is 11.5. The number of nitrogens with zero attached hydrogens (tertiary/aromatic N) is 2. The van der Waals surface area contributed by atoms with Crippen molar-refractivity contribution in [3.63, 3.8) is 0 Å². The van der Waals surface area contributed by atoms with Gasteiger partial charge < -0.3 is 5.32 Å². The van der Waals surface area contributed by atoms with Gasteiger partial charge in [-0.1, -0.05) is 30.3 Å². The van der Waals surface area contributed by atoms with Crippen LogP contribution >= 0.6 is 0 Å². The highest BCUT2D eigenvalue weighted by Gasteiger charge is 2.20. The summed E-state index contributed by atoms with van der Waals surface area (Å²) in [6.07, 6.45) is 0. The van der Waals surface area contributed by atoms with Crippen LogP contribution in [0.5, 0.6) is 0 Å². The highest BCUT2D eigenvalue weighted by atomic mass is 32.2. The highest BCUT2D eigenvalue weighted by molar-refractivity contribution is 7.93. The van der Waals surface area contributed by atoms with Gasteiger partial charge in [-0.25, -0.2) is 31.5 Å². The summed E-state index contributed by atoms with van der Waals surface area (Å²) in [6, 6.07) is 21.2. The molecule has 1 amide bonds. The Kier molecular flexibility index (Phi) is 7.23. The Morgan fingerprint density at radius 3 is 1.86 bits per heavy atom. The number of nitrogens with one attached hydrogen (secondary N) is 3. The largest absolute Gasteiger partial charge is 0.322 e. The van der Waals surface area contributed by atoms with Crippen LogP contribution in [0.1, 0.15) is 21.7 Å². The smallest absolute Gasteiger partial charge is 0.264 e. The zero-order valence-corrected chi connectivity index (χ0v) is 21.5. The lowest BCUT2D eigenvalue weighted by atomic mass is 10.1. The van der Waals surface area contributed by atoms with Gasteiger partial charge in [0.1, 0.15) is 0 Å². The van der Waals surface area contributed by atoms with E-state index in [1.165, 1.54) is 48.5 Å². The lowest BCUT2D eigenvalue weighted by Gasteiger charge is -2.13. The molecule has 0 bridgehead atoms. The van der Waals surface area contributed by atoms with Gasteiger partial charge in [0.15, 0.2) is 0 Å². The molecule has 12 heteroatoms. The first kappa shape index (κ1) is 25.8. The summed E-state index contributed by atoms with van der Waals surface area (Å²) in [5, 5.41) is 2.65. The monoisotopic (exact) mass is 537 g/mol. The molecule has 3 aromatic carbocycles. The number of carbonyl (C=O) groups is 1. The Bertz CT molecular complexity index is 1640. The van der Waals surface area contributed by atoms with Gasteiger partial charge in [0.05, 0.1) is 21.0 Å². The van der Waals surface area contributed by atoms with E-state index in [4.69, 9.17) is 0 Å². The van der Waals surface area contributed by atoms with Gasteiger partial charge in [0, 0.05) is 17.1 Å². The van der Waals surface area contributed by atoms with Gasteiger partial charge in [-0.15, -0.1) is 0 Å². The molecule has 0 aliphatic carbocycles. The maximum absolute atomic E-state index is 13.0. The van der Waals surface area contributed by atoms with Crippen LogP contribution in [0.4, 0.5) is 17.3 Å². The summed E-state index contributed by atoms with van der Waals surface area (Å²) in [7, 11) is -7.87. The first-order chi connectivity index (χ1) is 17.5. The van der Waals surface area contributed by atoms with Crippen LogP contribution < -0.4 is 14.8 Å². The van der Waals surface area contributed by atoms with Crippen molar-refractivity contribution in [1.29, 1.82) is 0 Å². The van der Waals surface area contributed by atoms with Crippen molar-refractivity contribution in [2.24, 2.45) is 0 Å². The summed E-state index contributed by atoms with van der Waals surface area (Å²) in [5.41, 5.74) is 1.74. The van der Waals surface area contributed by atoms with Crippen molar-refractivity contribution in [2.45, 2.75) is 23.6 Å². The van der Waals surface area contributed by atoms with Crippen molar-refractivity contribution in [1.82, 2.24) is 9.97 Å². The van der Waals surface area contributed by atoms with Crippen LogP contribution in [0.25, 0.3) is 0 Å². The summed E-state index contributed by atoms with van der Waals surface area (Å²) in [4.78, 5) is 21.1. The molecule has 10 nitrogen and oxygen atoms in total. The number of carbonyl (C=O) groups excluding carboxylic acids is 1. The Labute approximate surface area is 214 Å². The van der Waals surface area contributed by atoms with E-state index in [9.17, 15) is 21.6 Å². The Balaban J connectivity index is 1.50. The van der Waals surface area contributed by atoms with E-state index in [2.05, 4.69) is 24.7 Å². The maximum atomic E-state index is 13.0. The van der Waals surface area contributed by atoms with Crippen molar-refractivity contribution in [3.05, 3.63) is 102 Å². The average Bonchev–Trinajstić information content (AvgIpc) is 2.84. The van der Waals surface area contributed by atoms with E-state index >= 15 is 0 Å². The summed E-state index contributed by atoms with van der Waals surface area (Å²) in [5.74, 6) is -0.617. The molecule has 0 radical (unpaired) electrons. The molecule has 4 rings (SSSR count). The van der Waals surface area contributed by atoms with E-state index in [0.717, 1.165) is 0 Å². The molecular weight excluding hydrogens is 514 g/mol. The van der Waals surface area contributed by atoms with Gasteiger partial charge in [-0.05, 0) is 68.4 Å². The molecule has 0 fully saturated rings. The lowest BCUT2D eigenvalue weighted by molar-refractivity contribution is 0.102. The van der Waals surface area contributed by atoms with Gasteiger partial charge in [0.25, 0.3) is 26.0 Å². The number of aromatic nitrogens is 2. The third-order valence-corrected chi connectivity index (χ3v) is 7.83. The zero-order chi connectivity index (χ0) is 26.6. The van der Waals surface area contributed by atoms with E-state index in [0.29, 0.717) is 17.1 Å². The molecule has 1 heterocycles. The molecule has 37 heavy (non-hydrogen) atoms. The standard InChI is InChI=1S/C25H23N5O5S2/c1-17-16-18(2)27-25(26-17)30-37(34,35)21-14-12-19(13-15-21)28-24(31)22-10-6-7-11-23(22)29-36(32,33)20-8-4-3-5-9-20/h3-16,29H,1-2H3,(H,28,31)(H,26,27,30). The Morgan fingerprint density at radius 1 is 0.676 bits per heavy atom. The highest BCUT2D eigenvalue weighted by Crippen LogP contribution is 2.22. The second-order valence-corrected chi connectivity index (χ2v) is 11.4. The molecule has 0 saturated carbocycles. The molecular formula is C25H23N5O5S2. The first-order valence-electron chi connectivity index (χ1n) is 11.0. The number of amides is 1. The second-order valence-electron chi connectivity index (χ2n) is 8.02. The fraction of sp³-hybridized carbons (Fsp3) is 0.0800. The van der Waals surface area contributed by atoms with Crippen LogP contribution in [0.2, 0.25) is 0 Å². The minimum Gasteiger partial charge on any atom is -0.322 e. The number of anilines is 3. The van der Waals surface area contributed by atoms with Crippen LogP contribution in [-0.4, -0.2) is 32.7 Å². The van der Waals surface area contributed by atoms with Crippen molar-refractivity contribution in [2.75, 3.05) is 14.8 Å². The molecule has 0 unspecified atom stereocenters. The SMILES string of the molecule is Cc1cc(C)nc(NS(=O)(=O)c2ccc(NC(=O)c3ccccc3NS(=O)(=O)c3ccccc3)cc2)n1. The van der Waals surface area contributed by atoms with Crippen molar-refractivity contribution in [3.8, 4) is 0 Å². The topological polar surface area (TPSA) is 147 Å². The molecule has 4 aromatic rings. The van der Waals surface area contributed by atoms with Gasteiger partial charge >= 0.3 is 0 Å². The Hall–Kier alpha value is -4.29. The van der Waals surface area contributed by atoms with E-state index in [-0.39, 0.29) is 27.0 Å². The second kappa shape index (κ2) is 10.4. The van der Waals surface area contributed by atoms with Gasteiger partial charge in [0.2, 0.25) is 5.95 Å². The number of hydrogen-bond donors (Lipinski definition) is 3. The minimum absolute atomic E-state index is 0.0376. The van der Waals surface area contributed by atoms with Gasteiger partial charge in [-0.3, -0.25) is 9.52 Å². The summed E-state index contributed by atoms with van der Waals surface area (Å²) < 4.78 is 55.7. The number of hydrogen-bond acceptors (Lipinski definition) is 7. The predicted molar refractivity (Wildman–Crippen MR) is 140 cm³/mol. The first-order valence-corrected chi connectivity index (χ1v) is 13.9. The molecule has 0 spiro atoms. The van der Waals surface area contributed by atoms with Crippen molar-refractivity contribution < 1.29 is 21.6 Å². The number of rotatable bonds is 8. The van der Waals surface area contributed by atoms with Crippen LogP contribution in [-0.2, 0) is 20.0 Å².